The monoisotopic (exact) mass is 441 g/mol. The molecule has 1 aliphatic rings. The molecule has 0 bridgehead atoms. The van der Waals surface area contributed by atoms with Gasteiger partial charge in [0.05, 0.1) is 36.4 Å². The Balaban J connectivity index is 2.14. The fourth-order valence-corrected chi connectivity index (χ4v) is 3.20. The second-order valence-corrected chi connectivity index (χ2v) is 6.59. The predicted octanol–water partition coefficient (Wildman–Crippen LogP) is 2.47. The van der Waals surface area contributed by atoms with Gasteiger partial charge < -0.3 is 14.2 Å². The summed E-state index contributed by atoms with van der Waals surface area (Å²) in [5.41, 5.74) is 0.723. The predicted molar refractivity (Wildman–Crippen MR) is 103 cm³/mol. The van der Waals surface area contributed by atoms with Crippen molar-refractivity contribution in [1.29, 1.82) is 0 Å². The van der Waals surface area contributed by atoms with Crippen LogP contribution < -0.4 is 14.8 Å². The maximum Gasteiger partial charge on any atom is 0.331 e. The largest absolute Gasteiger partial charge is 0.493 e. The van der Waals surface area contributed by atoms with Gasteiger partial charge in [-0.3, -0.25) is 10.1 Å². The number of benzene rings is 1. The molecule has 1 saturated heterocycles. The number of hydrogen-bond acceptors (Lipinski definition) is 8. The molecule has 8 nitrogen and oxygen atoms in total. The lowest BCUT2D eigenvalue weighted by Gasteiger charge is -2.11. The third kappa shape index (κ3) is 5.09. The summed E-state index contributed by atoms with van der Waals surface area (Å²) in [7, 11) is 2.78. The van der Waals surface area contributed by atoms with Crippen LogP contribution in [0.5, 0.6) is 11.5 Å². The molecule has 0 spiro atoms. The van der Waals surface area contributed by atoms with E-state index >= 15 is 0 Å². The van der Waals surface area contributed by atoms with Crippen molar-refractivity contribution in [2.24, 2.45) is 10.2 Å². The van der Waals surface area contributed by atoms with E-state index in [1.54, 1.807) is 19.2 Å². The van der Waals surface area contributed by atoms with Crippen LogP contribution in [-0.2, 0) is 14.3 Å². The number of methoxy groups -OCH3 is 2. The summed E-state index contributed by atoms with van der Waals surface area (Å²) < 4.78 is 16.0. The molecule has 138 valence electrons. The molecule has 1 aromatic carbocycles. The number of amidine groups is 1. The van der Waals surface area contributed by atoms with Crippen molar-refractivity contribution in [3.05, 3.63) is 33.2 Å². The van der Waals surface area contributed by atoms with Gasteiger partial charge in [0, 0.05) is 6.08 Å². The maximum atomic E-state index is 11.7. The van der Waals surface area contributed by atoms with Gasteiger partial charge in [-0.25, -0.2) is 4.79 Å². The highest BCUT2D eigenvalue weighted by atomic mass is 79.9. The zero-order valence-electron chi connectivity index (χ0n) is 14.2. The molecule has 1 heterocycles. The van der Waals surface area contributed by atoms with Crippen LogP contribution in [0, 0.1) is 0 Å². The number of carbonyl (C=O) groups is 2. The van der Waals surface area contributed by atoms with Gasteiger partial charge in [0.15, 0.2) is 16.7 Å². The molecule has 1 fully saturated rings. The zero-order chi connectivity index (χ0) is 19.1. The summed E-state index contributed by atoms with van der Waals surface area (Å²) in [6.07, 6.45) is 2.60. The van der Waals surface area contributed by atoms with Crippen molar-refractivity contribution in [1.82, 2.24) is 5.32 Å². The first-order chi connectivity index (χ1) is 12.5. The Labute approximate surface area is 162 Å². The summed E-state index contributed by atoms with van der Waals surface area (Å²) >= 11 is 4.43. The van der Waals surface area contributed by atoms with E-state index in [0.29, 0.717) is 18.1 Å². The van der Waals surface area contributed by atoms with Crippen LogP contribution in [0.3, 0.4) is 0 Å². The minimum absolute atomic E-state index is 0.191. The Morgan fingerprint density at radius 1 is 1.38 bits per heavy atom. The van der Waals surface area contributed by atoms with Crippen LogP contribution in [0.15, 0.2) is 37.8 Å². The first-order valence-corrected chi connectivity index (χ1v) is 8.99. The van der Waals surface area contributed by atoms with Crippen LogP contribution in [0.1, 0.15) is 12.5 Å². The molecule has 0 unspecified atom stereocenters. The van der Waals surface area contributed by atoms with Crippen molar-refractivity contribution < 1.29 is 23.8 Å². The molecular weight excluding hydrogens is 426 g/mol. The van der Waals surface area contributed by atoms with Gasteiger partial charge in [-0.15, -0.1) is 5.10 Å². The Kier molecular flexibility index (Phi) is 7.22. The summed E-state index contributed by atoms with van der Waals surface area (Å²) in [4.78, 5) is 23.1. The highest BCUT2D eigenvalue weighted by molar-refractivity contribution is 9.10. The Hall–Kier alpha value is -2.33. The normalized spacial score (nSPS) is 17.0. The molecule has 0 aliphatic carbocycles. The average molecular weight is 442 g/mol. The highest BCUT2D eigenvalue weighted by Gasteiger charge is 2.25. The molecular formula is C16H16BrN3O5S. The second kappa shape index (κ2) is 9.39. The number of halogens is 1. The van der Waals surface area contributed by atoms with E-state index in [9.17, 15) is 9.59 Å². The lowest BCUT2D eigenvalue weighted by Crippen LogP contribution is -2.19. The molecule has 1 N–H and O–H groups in total. The number of amides is 1. The van der Waals surface area contributed by atoms with Gasteiger partial charge in [-0.2, -0.15) is 5.10 Å². The molecule has 1 amide bonds. The molecule has 1 aromatic rings. The van der Waals surface area contributed by atoms with E-state index in [4.69, 9.17) is 9.47 Å². The summed E-state index contributed by atoms with van der Waals surface area (Å²) in [5.74, 6) is 0.121. The Morgan fingerprint density at radius 2 is 2.15 bits per heavy atom. The van der Waals surface area contributed by atoms with Gasteiger partial charge >= 0.3 is 5.97 Å². The van der Waals surface area contributed by atoms with E-state index < -0.39 is 11.9 Å². The maximum absolute atomic E-state index is 11.7. The number of hydrogen-bond donors (Lipinski definition) is 1. The highest BCUT2D eigenvalue weighted by Crippen LogP contribution is 2.36. The first kappa shape index (κ1) is 20.0. The second-order valence-electron chi connectivity index (χ2n) is 4.70. The van der Waals surface area contributed by atoms with Crippen molar-refractivity contribution in [2.75, 3.05) is 20.8 Å². The Bertz CT molecular complexity index is 807. The van der Waals surface area contributed by atoms with Crippen molar-refractivity contribution >= 4 is 51.0 Å². The van der Waals surface area contributed by atoms with E-state index in [-0.39, 0.29) is 10.1 Å². The van der Waals surface area contributed by atoms with Gasteiger partial charge in [0.2, 0.25) is 0 Å². The van der Waals surface area contributed by atoms with Crippen molar-refractivity contribution in [3.8, 4) is 11.5 Å². The number of rotatable bonds is 6. The van der Waals surface area contributed by atoms with Gasteiger partial charge in [0.25, 0.3) is 5.91 Å². The number of esters is 1. The standard InChI is InChI=1S/C16H16BrN3O5S/c1-4-25-14-10(17)5-9(6-11(14)23-2)8-18-20-16-19-15(22)12(26-16)7-13(21)24-3/h5-8H,4H2,1-3H3,(H,19,20,22)/b12-7+,18-8?. The summed E-state index contributed by atoms with van der Waals surface area (Å²) in [6.45, 7) is 2.39. The van der Waals surface area contributed by atoms with E-state index in [2.05, 4.69) is 36.2 Å². The first-order valence-electron chi connectivity index (χ1n) is 7.38. The molecule has 2 rings (SSSR count). The number of carbonyl (C=O) groups excluding carboxylic acids is 2. The van der Waals surface area contributed by atoms with Gasteiger partial charge in [0.1, 0.15) is 0 Å². The fraction of sp³-hybridized carbons (Fsp3) is 0.250. The topological polar surface area (TPSA) is 98.6 Å². The molecule has 10 heteroatoms. The summed E-state index contributed by atoms with van der Waals surface area (Å²) in [6, 6.07) is 3.56. The number of nitrogens with one attached hydrogen (secondary N) is 1. The minimum Gasteiger partial charge on any atom is -0.493 e. The number of nitrogens with zero attached hydrogens (tertiary/aromatic N) is 2. The van der Waals surface area contributed by atoms with Gasteiger partial charge in [-0.05, 0) is 52.3 Å². The van der Waals surface area contributed by atoms with Crippen LogP contribution in [0.25, 0.3) is 0 Å². The third-order valence-corrected chi connectivity index (χ3v) is 4.49. The molecule has 0 saturated carbocycles. The molecule has 26 heavy (non-hydrogen) atoms. The molecule has 1 aliphatic heterocycles. The quantitative estimate of drug-likeness (QED) is 0.315. The fourth-order valence-electron chi connectivity index (χ4n) is 1.89. The van der Waals surface area contributed by atoms with Crippen LogP contribution in [-0.4, -0.2) is 44.1 Å². The number of ether oxygens (including phenoxy) is 3. The molecule has 0 aromatic heterocycles. The van der Waals surface area contributed by atoms with Crippen molar-refractivity contribution in [3.63, 3.8) is 0 Å². The van der Waals surface area contributed by atoms with E-state index in [1.807, 2.05) is 6.92 Å². The summed E-state index contributed by atoms with van der Waals surface area (Å²) in [5, 5.41) is 10.7. The smallest absolute Gasteiger partial charge is 0.331 e. The van der Waals surface area contributed by atoms with E-state index in [1.165, 1.54) is 13.3 Å². The van der Waals surface area contributed by atoms with Crippen LogP contribution >= 0.6 is 27.7 Å². The zero-order valence-corrected chi connectivity index (χ0v) is 16.6. The van der Waals surface area contributed by atoms with Gasteiger partial charge in [-0.1, -0.05) is 0 Å². The lowest BCUT2D eigenvalue weighted by atomic mass is 10.2. The van der Waals surface area contributed by atoms with Crippen LogP contribution in [0.4, 0.5) is 0 Å². The third-order valence-electron chi connectivity index (χ3n) is 3.00. The average Bonchev–Trinajstić information content (AvgIpc) is 2.96. The molecule has 0 atom stereocenters. The van der Waals surface area contributed by atoms with E-state index in [0.717, 1.165) is 27.9 Å². The Morgan fingerprint density at radius 3 is 2.81 bits per heavy atom. The van der Waals surface area contributed by atoms with Crippen molar-refractivity contribution in [2.45, 2.75) is 6.92 Å². The SMILES string of the molecule is CCOc1c(Br)cc(C=N/N=C2/NC(=O)/C(=C\C(=O)OC)S2)cc1OC. The van der Waals surface area contributed by atoms with Crippen LogP contribution in [0.2, 0.25) is 0 Å². The lowest BCUT2D eigenvalue weighted by molar-refractivity contribution is -0.135. The molecule has 0 radical (unpaired) electrons. The number of thioether (sulfide) groups is 1. The minimum atomic E-state index is -0.612.